The summed E-state index contributed by atoms with van der Waals surface area (Å²) < 4.78 is 11.4. The van der Waals surface area contributed by atoms with E-state index in [0.29, 0.717) is 24.5 Å². The third-order valence-corrected chi connectivity index (χ3v) is 6.21. The van der Waals surface area contributed by atoms with Gasteiger partial charge in [-0.3, -0.25) is 14.7 Å². The molecule has 2 aromatic heterocycles. The Hall–Kier alpha value is -3.26. The first-order chi connectivity index (χ1) is 15.9. The molecule has 2 unspecified atom stereocenters. The van der Waals surface area contributed by atoms with Gasteiger partial charge in [0, 0.05) is 17.1 Å². The van der Waals surface area contributed by atoms with Crippen LogP contribution in [-0.4, -0.2) is 40.6 Å². The first-order valence-corrected chi connectivity index (χ1v) is 11.9. The molecule has 0 radical (unpaired) electrons. The van der Waals surface area contributed by atoms with Crippen molar-refractivity contribution < 1.29 is 19.1 Å². The van der Waals surface area contributed by atoms with Crippen LogP contribution in [0.25, 0.3) is 22.0 Å². The third kappa shape index (κ3) is 4.75. The van der Waals surface area contributed by atoms with Crippen LogP contribution in [0.3, 0.4) is 0 Å². The molecule has 1 aliphatic rings. The van der Waals surface area contributed by atoms with Gasteiger partial charge in [-0.05, 0) is 49.6 Å². The van der Waals surface area contributed by atoms with E-state index in [2.05, 4.69) is 4.98 Å². The number of fused-ring (bicyclic) bond motifs is 1. The quantitative estimate of drug-likeness (QED) is 0.459. The predicted octanol–water partition coefficient (Wildman–Crippen LogP) is 4.96. The molecule has 0 spiro atoms. The summed E-state index contributed by atoms with van der Waals surface area (Å²) in [5, 5.41) is 2.76. The Bertz CT molecular complexity index is 1150. The van der Waals surface area contributed by atoms with Crippen molar-refractivity contribution in [1.82, 2.24) is 9.97 Å². The van der Waals surface area contributed by atoms with Gasteiger partial charge in [0.1, 0.15) is 16.8 Å². The van der Waals surface area contributed by atoms with Crippen LogP contribution in [0.4, 0.5) is 5.69 Å². The van der Waals surface area contributed by atoms with Gasteiger partial charge in [-0.2, -0.15) is 0 Å². The largest absolute Gasteiger partial charge is 0.478 e. The van der Waals surface area contributed by atoms with Crippen LogP contribution in [0.5, 0.6) is 5.75 Å². The Kier molecular flexibility index (Phi) is 6.74. The number of carbonyl (C=O) groups is 2. The van der Waals surface area contributed by atoms with Crippen molar-refractivity contribution in [1.29, 1.82) is 0 Å². The van der Waals surface area contributed by atoms with Crippen LogP contribution in [0.2, 0.25) is 0 Å². The molecule has 0 aliphatic carbocycles. The lowest BCUT2D eigenvalue weighted by atomic mass is 10.1. The van der Waals surface area contributed by atoms with Gasteiger partial charge in [0.25, 0.3) is 5.91 Å². The van der Waals surface area contributed by atoms with E-state index < -0.39 is 18.1 Å². The second kappa shape index (κ2) is 9.70. The van der Waals surface area contributed by atoms with E-state index >= 15 is 0 Å². The molecule has 1 amide bonds. The molecule has 3 aromatic rings. The number of anilines is 1. The van der Waals surface area contributed by atoms with E-state index in [1.165, 1.54) is 16.2 Å². The van der Waals surface area contributed by atoms with E-state index in [0.717, 1.165) is 22.0 Å². The Labute approximate surface area is 197 Å². The van der Waals surface area contributed by atoms with Crippen molar-refractivity contribution in [3.05, 3.63) is 48.0 Å². The zero-order valence-electron chi connectivity index (χ0n) is 19.1. The molecule has 0 fully saturated rings. The van der Waals surface area contributed by atoms with Gasteiger partial charge in [0.2, 0.25) is 0 Å². The number of rotatable bonds is 7. The summed E-state index contributed by atoms with van der Waals surface area (Å²) in [6.07, 6.45) is 1.60. The van der Waals surface area contributed by atoms with E-state index in [1.54, 1.807) is 13.1 Å². The molecule has 8 heteroatoms. The zero-order chi connectivity index (χ0) is 23.5. The lowest BCUT2D eigenvalue weighted by Crippen LogP contribution is -2.52. The Morgan fingerprint density at radius 1 is 1.21 bits per heavy atom. The average Bonchev–Trinajstić information content (AvgIpc) is 3.32. The SMILES string of the molecule is CCC1Oc2ccc(-c3csc(-c4ccccn4)n3)cc2N(C(C)C(=O)OCC(C)C)C1=O. The van der Waals surface area contributed by atoms with Crippen LogP contribution < -0.4 is 9.64 Å². The molecule has 0 saturated carbocycles. The number of ether oxygens (including phenoxy) is 2. The van der Waals surface area contributed by atoms with Crippen molar-refractivity contribution in [3.8, 4) is 27.7 Å². The molecule has 33 heavy (non-hydrogen) atoms. The maximum Gasteiger partial charge on any atom is 0.328 e. The van der Waals surface area contributed by atoms with Crippen LogP contribution >= 0.6 is 11.3 Å². The molecular formula is C25H27N3O4S. The fourth-order valence-corrected chi connectivity index (χ4v) is 4.39. The Balaban J connectivity index is 1.68. The molecule has 3 heterocycles. The molecule has 4 rings (SSSR count). The van der Waals surface area contributed by atoms with Gasteiger partial charge >= 0.3 is 5.97 Å². The van der Waals surface area contributed by atoms with Gasteiger partial charge in [-0.15, -0.1) is 11.3 Å². The molecule has 0 N–H and O–H groups in total. The lowest BCUT2D eigenvalue weighted by Gasteiger charge is -2.37. The number of benzene rings is 1. The number of aromatic nitrogens is 2. The second-order valence-electron chi connectivity index (χ2n) is 8.36. The van der Waals surface area contributed by atoms with Crippen molar-refractivity contribution >= 4 is 28.9 Å². The van der Waals surface area contributed by atoms with E-state index in [4.69, 9.17) is 14.5 Å². The summed E-state index contributed by atoms with van der Waals surface area (Å²) in [7, 11) is 0. The second-order valence-corrected chi connectivity index (χ2v) is 9.22. The van der Waals surface area contributed by atoms with Crippen LogP contribution in [0, 0.1) is 5.92 Å². The highest BCUT2D eigenvalue weighted by Gasteiger charge is 2.39. The maximum atomic E-state index is 13.2. The van der Waals surface area contributed by atoms with E-state index in [9.17, 15) is 9.59 Å². The number of amides is 1. The number of hydrogen-bond acceptors (Lipinski definition) is 7. The summed E-state index contributed by atoms with van der Waals surface area (Å²) in [5.41, 5.74) is 2.94. The van der Waals surface area contributed by atoms with Crippen molar-refractivity contribution in [2.24, 2.45) is 5.92 Å². The van der Waals surface area contributed by atoms with Crippen molar-refractivity contribution in [2.45, 2.75) is 46.3 Å². The monoisotopic (exact) mass is 465 g/mol. The smallest absolute Gasteiger partial charge is 0.328 e. The van der Waals surface area contributed by atoms with Gasteiger partial charge in [0.05, 0.1) is 23.7 Å². The average molecular weight is 466 g/mol. The highest BCUT2D eigenvalue weighted by atomic mass is 32.1. The van der Waals surface area contributed by atoms with Gasteiger partial charge in [-0.1, -0.05) is 26.8 Å². The fraction of sp³-hybridized carbons (Fsp3) is 0.360. The number of hydrogen-bond donors (Lipinski definition) is 0. The number of carbonyl (C=O) groups excluding carboxylic acids is 2. The summed E-state index contributed by atoms with van der Waals surface area (Å²) >= 11 is 1.50. The Morgan fingerprint density at radius 2 is 2.03 bits per heavy atom. The van der Waals surface area contributed by atoms with Crippen LogP contribution in [0.1, 0.15) is 34.1 Å². The first-order valence-electron chi connectivity index (χ1n) is 11.1. The number of pyridine rings is 1. The topological polar surface area (TPSA) is 81.6 Å². The molecule has 0 bridgehead atoms. The van der Waals surface area contributed by atoms with Gasteiger partial charge in [-0.25, -0.2) is 9.78 Å². The minimum absolute atomic E-state index is 0.210. The van der Waals surface area contributed by atoms with Crippen molar-refractivity contribution in [3.63, 3.8) is 0 Å². The van der Waals surface area contributed by atoms with E-state index in [-0.39, 0.29) is 11.8 Å². The third-order valence-electron chi connectivity index (χ3n) is 5.34. The minimum atomic E-state index is -0.775. The lowest BCUT2D eigenvalue weighted by molar-refractivity contribution is -0.147. The molecule has 1 aromatic carbocycles. The van der Waals surface area contributed by atoms with E-state index in [1.807, 2.05) is 62.5 Å². The normalized spacial score (nSPS) is 16.3. The van der Waals surface area contributed by atoms with Gasteiger partial charge in [0.15, 0.2) is 6.10 Å². The highest BCUT2D eigenvalue weighted by molar-refractivity contribution is 7.13. The fourth-order valence-electron chi connectivity index (χ4n) is 3.59. The maximum absolute atomic E-state index is 13.2. The Morgan fingerprint density at radius 3 is 2.73 bits per heavy atom. The number of nitrogens with zero attached hydrogens (tertiary/aromatic N) is 3. The summed E-state index contributed by atoms with van der Waals surface area (Å²) in [5.74, 6) is 0.0931. The van der Waals surface area contributed by atoms with Gasteiger partial charge < -0.3 is 9.47 Å². The molecular weight excluding hydrogens is 438 g/mol. The molecule has 0 saturated heterocycles. The summed E-state index contributed by atoms with van der Waals surface area (Å²) in [6.45, 7) is 7.83. The standard InChI is InChI=1S/C25H27N3O4S/c1-5-21-24(29)28(16(4)25(30)31-13-15(2)3)20-12-17(9-10-22(20)32-21)19-14-33-23(27-19)18-8-6-7-11-26-18/h6-12,14-16,21H,5,13H2,1-4H3. The first kappa shape index (κ1) is 22.9. The number of thiazole rings is 1. The zero-order valence-corrected chi connectivity index (χ0v) is 20.0. The molecule has 172 valence electrons. The van der Waals surface area contributed by atoms with Crippen LogP contribution in [0.15, 0.2) is 48.0 Å². The number of esters is 1. The predicted molar refractivity (Wildman–Crippen MR) is 128 cm³/mol. The van der Waals surface area contributed by atoms with Crippen LogP contribution in [-0.2, 0) is 14.3 Å². The highest BCUT2D eigenvalue weighted by Crippen LogP contribution is 2.40. The molecule has 1 aliphatic heterocycles. The minimum Gasteiger partial charge on any atom is -0.478 e. The summed E-state index contributed by atoms with van der Waals surface area (Å²) in [4.78, 5) is 36.5. The van der Waals surface area contributed by atoms with Crippen molar-refractivity contribution in [2.75, 3.05) is 11.5 Å². The molecule has 2 atom stereocenters. The molecule has 7 nitrogen and oxygen atoms in total. The summed E-state index contributed by atoms with van der Waals surface area (Å²) in [6, 6.07) is 10.5.